The second kappa shape index (κ2) is 21.1. The molecular weight excluding hydrogens is 263 g/mol. The van der Waals surface area contributed by atoms with Gasteiger partial charge in [0.05, 0.1) is 0 Å². The molecule has 0 radical (unpaired) electrons. The maximum absolute atomic E-state index is 8.55. The van der Waals surface area contributed by atoms with Crippen LogP contribution in [-0.4, -0.2) is 9.17 Å². The predicted octanol–water partition coefficient (Wildman–Crippen LogP) is -17.7. The van der Waals surface area contributed by atoms with E-state index >= 15 is 0 Å². The van der Waals surface area contributed by atoms with Crippen LogP contribution in [-0.2, 0) is 9.03 Å². The van der Waals surface area contributed by atoms with Crippen molar-refractivity contribution in [2.24, 2.45) is 0 Å². The number of hydrogen-bond acceptors (Lipinski definition) is 7. The molecule has 0 aliphatic carbocycles. The first-order chi connectivity index (χ1) is 3.73. The van der Waals surface area contributed by atoms with Crippen molar-refractivity contribution < 1.29 is 152 Å². The van der Waals surface area contributed by atoms with E-state index in [1.165, 1.54) is 0 Å². The SMILES string of the molecule is O=P([O-])([O-])[O-].O=[Si]([O-])[O-].[Na+].[Na+].[Na+].[Na+]. The van der Waals surface area contributed by atoms with Gasteiger partial charge in [0.2, 0.25) is 0 Å². The standard InChI is InChI=1S/4Na.H3O4P.O3Si/c;;;;1-5(2,3)4;1-4(2)3/h;;;;(H3,1,2,3,4);/q4*+1;;-2/p-3. The predicted molar refractivity (Wildman–Crippen MR) is 14.0 cm³/mol. The van der Waals surface area contributed by atoms with Crippen LogP contribution in [0.2, 0.25) is 0 Å². The minimum atomic E-state index is -5.39. The Labute approximate surface area is 165 Å². The minimum Gasteiger partial charge on any atom is -0.822 e. The molecule has 0 aromatic carbocycles. The molecule has 13 heteroatoms. The Morgan fingerprint density at radius 1 is 0.846 bits per heavy atom. The zero-order valence-corrected chi connectivity index (χ0v) is 17.7. The van der Waals surface area contributed by atoms with E-state index in [0.29, 0.717) is 0 Å². The summed E-state index contributed by atoms with van der Waals surface area (Å²) >= 11 is 0. The third-order valence-corrected chi connectivity index (χ3v) is 0. The molecule has 0 saturated carbocycles. The maximum Gasteiger partial charge on any atom is 1.00 e. The summed E-state index contributed by atoms with van der Waals surface area (Å²) in [6, 6.07) is 0. The van der Waals surface area contributed by atoms with Crippen LogP contribution in [0.3, 0.4) is 0 Å². The summed E-state index contributed by atoms with van der Waals surface area (Å²) in [4.78, 5) is 42.7. The van der Waals surface area contributed by atoms with Crippen LogP contribution in [0.15, 0.2) is 0 Å². The van der Waals surface area contributed by atoms with Crippen LogP contribution < -0.4 is 143 Å². The van der Waals surface area contributed by atoms with Crippen molar-refractivity contribution in [2.75, 3.05) is 0 Å². The molecule has 13 heavy (non-hydrogen) atoms. The summed E-state index contributed by atoms with van der Waals surface area (Å²) < 4.78 is 17.1. The van der Waals surface area contributed by atoms with Gasteiger partial charge in [-0.05, 0) is 0 Å². The molecule has 0 saturated heterocycles. The van der Waals surface area contributed by atoms with Crippen molar-refractivity contribution in [1.29, 1.82) is 0 Å². The molecule has 0 N–H and O–H groups in total. The van der Waals surface area contributed by atoms with E-state index < -0.39 is 17.0 Å². The van der Waals surface area contributed by atoms with E-state index in [4.69, 9.17) is 33.3 Å². The molecule has 0 heterocycles. The van der Waals surface area contributed by atoms with Gasteiger partial charge in [-0.15, -0.1) is 0 Å². The van der Waals surface area contributed by atoms with E-state index in [0.717, 1.165) is 0 Å². The summed E-state index contributed by atoms with van der Waals surface area (Å²) in [5.74, 6) is 0. The molecule has 0 spiro atoms. The molecule has 7 nitrogen and oxygen atoms in total. The summed E-state index contributed by atoms with van der Waals surface area (Å²) in [5, 5.41) is 0. The molecule has 56 valence electrons. The van der Waals surface area contributed by atoms with Crippen molar-refractivity contribution >= 4 is 17.0 Å². The van der Waals surface area contributed by atoms with Gasteiger partial charge in [-0.3, -0.25) is 0 Å². The Balaban J connectivity index is -0.0000000146. The molecular formula is Na4O7PSi-. The second-order valence-electron chi connectivity index (χ2n) is 0.697. The fraction of sp³-hybridized carbons (Fsp3) is 0. The first-order valence-electron chi connectivity index (χ1n) is 1.34. The molecule has 0 bridgehead atoms. The average Bonchev–Trinajstić information content (AvgIpc) is 1.19. The summed E-state index contributed by atoms with van der Waals surface area (Å²) in [6.07, 6.45) is 0. The van der Waals surface area contributed by atoms with Gasteiger partial charge >= 0.3 is 118 Å². The van der Waals surface area contributed by atoms with Crippen molar-refractivity contribution in [1.82, 2.24) is 0 Å². The number of hydrogen-bond donors (Lipinski definition) is 0. The molecule has 0 aromatic heterocycles. The average molecular weight is 263 g/mol. The van der Waals surface area contributed by atoms with Crippen LogP contribution >= 0.6 is 7.82 Å². The van der Waals surface area contributed by atoms with E-state index in [-0.39, 0.29) is 118 Å². The third-order valence-electron chi connectivity index (χ3n) is 0. The smallest absolute Gasteiger partial charge is 0.822 e. The molecule has 0 aliphatic heterocycles. The van der Waals surface area contributed by atoms with Crippen molar-refractivity contribution in [3.8, 4) is 0 Å². The monoisotopic (exact) mass is 263 g/mol. The van der Waals surface area contributed by atoms with Gasteiger partial charge in [-0.1, -0.05) is 0 Å². The quantitative estimate of drug-likeness (QED) is 0.311. The Bertz CT molecular complexity index is 120. The first kappa shape index (κ1) is 36.0. The maximum atomic E-state index is 8.55. The van der Waals surface area contributed by atoms with Crippen LogP contribution in [0, 0.1) is 0 Å². The van der Waals surface area contributed by atoms with Gasteiger partial charge in [0, 0.05) is 9.17 Å². The molecule has 0 rings (SSSR count). The number of rotatable bonds is 0. The molecule has 0 amide bonds. The Morgan fingerprint density at radius 3 is 0.846 bits per heavy atom. The molecule has 0 fully saturated rings. The fourth-order valence-electron chi connectivity index (χ4n) is 0. The zero-order chi connectivity index (χ0) is 8.08. The second-order valence-corrected chi connectivity index (χ2v) is 2.09. The van der Waals surface area contributed by atoms with Crippen LogP contribution in [0.25, 0.3) is 0 Å². The van der Waals surface area contributed by atoms with Gasteiger partial charge < -0.3 is 33.3 Å². The third kappa shape index (κ3) is 213. The summed E-state index contributed by atoms with van der Waals surface area (Å²) in [5.41, 5.74) is 0. The fourth-order valence-corrected chi connectivity index (χ4v) is 0. The normalized spacial score (nSPS) is 6.38. The van der Waals surface area contributed by atoms with Gasteiger partial charge in [0.15, 0.2) is 0 Å². The van der Waals surface area contributed by atoms with Crippen molar-refractivity contribution in [3.05, 3.63) is 0 Å². The van der Waals surface area contributed by atoms with Crippen LogP contribution in [0.4, 0.5) is 0 Å². The van der Waals surface area contributed by atoms with Crippen molar-refractivity contribution in [3.63, 3.8) is 0 Å². The van der Waals surface area contributed by atoms with E-state index in [9.17, 15) is 0 Å². The Morgan fingerprint density at radius 2 is 0.846 bits per heavy atom. The van der Waals surface area contributed by atoms with Crippen LogP contribution in [0.1, 0.15) is 0 Å². The van der Waals surface area contributed by atoms with Gasteiger partial charge in [-0.2, -0.15) is 7.82 Å². The van der Waals surface area contributed by atoms with E-state index in [1.54, 1.807) is 0 Å². The minimum absolute atomic E-state index is 0. The summed E-state index contributed by atoms with van der Waals surface area (Å²) in [7, 11) is -9.02. The van der Waals surface area contributed by atoms with Crippen LogP contribution in [0.5, 0.6) is 0 Å². The Kier molecular flexibility index (Phi) is 58.2. The van der Waals surface area contributed by atoms with Crippen molar-refractivity contribution in [2.45, 2.75) is 0 Å². The van der Waals surface area contributed by atoms with Gasteiger partial charge in [-0.25, -0.2) is 0 Å². The largest absolute Gasteiger partial charge is 1.00 e. The Hall–Kier alpha value is 3.73. The van der Waals surface area contributed by atoms with Gasteiger partial charge in [0.1, 0.15) is 0 Å². The molecule has 0 aromatic rings. The van der Waals surface area contributed by atoms with E-state index in [2.05, 4.69) is 0 Å². The molecule has 0 atom stereocenters. The first-order valence-corrected chi connectivity index (χ1v) is 4.03. The van der Waals surface area contributed by atoms with E-state index in [1.807, 2.05) is 0 Å². The van der Waals surface area contributed by atoms with Gasteiger partial charge in [0.25, 0.3) is 0 Å². The topological polar surface area (TPSA) is 149 Å². The molecule has 0 unspecified atom stereocenters. The number of phosphoric acid groups is 1. The molecule has 0 aliphatic rings. The zero-order valence-electron chi connectivity index (χ0n) is 7.80. The summed E-state index contributed by atoms with van der Waals surface area (Å²) in [6.45, 7) is 0.